The molecular weight excluding hydrogens is 552 g/mol. The maximum atomic E-state index is 13.2. The molecule has 8 heteroatoms. The highest BCUT2D eigenvalue weighted by Crippen LogP contribution is 2.34. The van der Waals surface area contributed by atoms with Crippen molar-refractivity contribution in [3.8, 4) is 11.5 Å². The summed E-state index contributed by atoms with van der Waals surface area (Å²) in [4.78, 5) is 24.5. The van der Waals surface area contributed by atoms with E-state index in [2.05, 4.69) is 37.0 Å². The molecule has 1 amide bonds. The standard InChI is InChI=1S/C25H20Br2N2O4/c1-32-21-9-4-17(5-10-21)23-13-22(16-2-6-19(26)7-3-16)28-29(23)25(31)15-33-24-11-8-20(27)12-18(24)14-30/h2-12,14,23H,13,15H2,1H3. The molecule has 1 aliphatic rings. The molecule has 0 aliphatic carbocycles. The second-order valence-electron chi connectivity index (χ2n) is 7.37. The van der Waals surface area contributed by atoms with Gasteiger partial charge < -0.3 is 9.47 Å². The van der Waals surface area contributed by atoms with Crippen LogP contribution in [0, 0.1) is 0 Å². The Morgan fingerprint density at radius 3 is 2.42 bits per heavy atom. The highest BCUT2D eigenvalue weighted by Gasteiger charge is 2.33. The van der Waals surface area contributed by atoms with Gasteiger partial charge in [-0.05, 0) is 53.6 Å². The fourth-order valence-corrected chi connectivity index (χ4v) is 4.23. The van der Waals surface area contributed by atoms with Crippen molar-refractivity contribution in [1.29, 1.82) is 0 Å². The van der Waals surface area contributed by atoms with E-state index < -0.39 is 0 Å². The zero-order valence-electron chi connectivity index (χ0n) is 17.7. The number of carbonyl (C=O) groups is 2. The van der Waals surface area contributed by atoms with Gasteiger partial charge in [-0.25, -0.2) is 5.01 Å². The summed E-state index contributed by atoms with van der Waals surface area (Å²) in [5, 5.41) is 6.12. The van der Waals surface area contributed by atoms with Crippen LogP contribution < -0.4 is 9.47 Å². The Kier molecular flexibility index (Phi) is 7.25. The molecule has 0 spiro atoms. The SMILES string of the molecule is COc1ccc(C2CC(c3ccc(Br)cc3)=NN2C(=O)COc2ccc(Br)cc2C=O)cc1. The minimum absolute atomic E-state index is 0.244. The normalized spacial score (nSPS) is 15.2. The number of ether oxygens (including phenoxy) is 2. The lowest BCUT2D eigenvalue weighted by atomic mass is 9.98. The zero-order chi connectivity index (χ0) is 23.4. The second-order valence-corrected chi connectivity index (χ2v) is 9.21. The van der Waals surface area contributed by atoms with Gasteiger partial charge in [-0.2, -0.15) is 5.10 Å². The Bertz CT molecular complexity index is 1190. The van der Waals surface area contributed by atoms with Gasteiger partial charge in [-0.1, -0.05) is 56.1 Å². The Morgan fingerprint density at radius 1 is 1.06 bits per heavy atom. The van der Waals surface area contributed by atoms with Gasteiger partial charge in [-0.15, -0.1) is 0 Å². The lowest BCUT2D eigenvalue weighted by Gasteiger charge is -2.22. The first-order chi connectivity index (χ1) is 16.0. The number of aldehydes is 1. The second kappa shape index (κ2) is 10.3. The van der Waals surface area contributed by atoms with Gasteiger partial charge in [0.2, 0.25) is 0 Å². The monoisotopic (exact) mass is 570 g/mol. The summed E-state index contributed by atoms with van der Waals surface area (Å²) in [6.45, 7) is -0.244. The minimum Gasteiger partial charge on any atom is -0.497 e. The number of hydrazone groups is 1. The third-order valence-corrected chi connectivity index (χ3v) is 6.32. The number of methoxy groups -OCH3 is 1. The van der Waals surface area contributed by atoms with Gasteiger partial charge in [0, 0.05) is 15.4 Å². The maximum Gasteiger partial charge on any atom is 0.281 e. The summed E-state index contributed by atoms with van der Waals surface area (Å²) in [5.74, 6) is 0.783. The molecule has 1 heterocycles. The molecule has 0 radical (unpaired) electrons. The van der Waals surface area contributed by atoms with Crippen LogP contribution in [0.15, 0.2) is 80.8 Å². The maximum absolute atomic E-state index is 13.2. The highest BCUT2D eigenvalue weighted by atomic mass is 79.9. The van der Waals surface area contributed by atoms with Crippen molar-refractivity contribution in [3.05, 3.63) is 92.4 Å². The zero-order valence-corrected chi connectivity index (χ0v) is 20.9. The van der Waals surface area contributed by atoms with Crippen molar-refractivity contribution >= 4 is 49.8 Å². The van der Waals surface area contributed by atoms with Crippen LogP contribution in [0.25, 0.3) is 0 Å². The molecule has 4 rings (SSSR count). The van der Waals surface area contributed by atoms with Gasteiger partial charge in [0.25, 0.3) is 5.91 Å². The Hall–Kier alpha value is -2.97. The van der Waals surface area contributed by atoms with E-state index >= 15 is 0 Å². The number of amides is 1. The molecular formula is C25H20Br2N2O4. The van der Waals surface area contributed by atoms with Crippen molar-refractivity contribution in [2.45, 2.75) is 12.5 Å². The molecule has 33 heavy (non-hydrogen) atoms. The van der Waals surface area contributed by atoms with Crippen molar-refractivity contribution in [2.24, 2.45) is 5.10 Å². The number of carbonyl (C=O) groups excluding carboxylic acids is 2. The molecule has 3 aromatic rings. The molecule has 1 aliphatic heterocycles. The summed E-state index contributed by atoms with van der Waals surface area (Å²) < 4.78 is 12.7. The molecule has 0 fully saturated rings. The summed E-state index contributed by atoms with van der Waals surface area (Å²) in [7, 11) is 1.61. The number of rotatable bonds is 7. The van der Waals surface area contributed by atoms with Gasteiger partial charge in [0.15, 0.2) is 12.9 Å². The Labute approximate surface area is 208 Å². The number of hydrogen-bond acceptors (Lipinski definition) is 5. The predicted molar refractivity (Wildman–Crippen MR) is 133 cm³/mol. The topological polar surface area (TPSA) is 68.2 Å². The van der Waals surface area contributed by atoms with E-state index in [-0.39, 0.29) is 18.6 Å². The van der Waals surface area contributed by atoms with Gasteiger partial charge in [0.1, 0.15) is 11.5 Å². The molecule has 3 aromatic carbocycles. The summed E-state index contributed by atoms with van der Waals surface area (Å²) in [6, 6.07) is 20.2. The molecule has 0 N–H and O–H groups in total. The van der Waals surface area contributed by atoms with Crippen LogP contribution in [-0.4, -0.2) is 36.6 Å². The minimum atomic E-state index is -0.303. The molecule has 0 saturated heterocycles. The number of halogens is 2. The Morgan fingerprint density at radius 2 is 1.76 bits per heavy atom. The van der Waals surface area contributed by atoms with Gasteiger partial charge in [0.05, 0.1) is 24.4 Å². The fraction of sp³-hybridized carbons (Fsp3) is 0.160. The highest BCUT2D eigenvalue weighted by molar-refractivity contribution is 9.10. The Balaban J connectivity index is 1.59. The summed E-state index contributed by atoms with van der Waals surface area (Å²) in [6.07, 6.45) is 1.27. The quantitative estimate of drug-likeness (QED) is 0.337. The van der Waals surface area contributed by atoms with E-state index in [1.807, 2.05) is 48.5 Å². The van der Waals surface area contributed by atoms with E-state index in [1.54, 1.807) is 25.3 Å². The van der Waals surface area contributed by atoms with Crippen LogP contribution in [-0.2, 0) is 4.79 Å². The average Bonchev–Trinajstić information content (AvgIpc) is 3.29. The molecule has 0 saturated carbocycles. The predicted octanol–water partition coefficient (Wildman–Crippen LogP) is 5.79. The molecule has 1 atom stereocenters. The van der Waals surface area contributed by atoms with Crippen molar-refractivity contribution in [3.63, 3.8) is 0 Å². The van der Waals surface area contributed by atoms with Crippen LogP contribution in [0.3, 0.4) is 0 Å². The lowest BCUT2D eigenvalue weighted by molar-refractivity contribution is -0.135. The molecule has 6 nitrogen and oxygen atoms in total. The van der Waals surface area contributed by atoms with Gasteiger partial charge in [-0.3, -0.25) is 9.59 Å². The average molecular weight is 572 g/mol. The first-order valence-electron chi connectivity index (χ1n) is 10.2. The van der Waals surface area contributed by atoms with Crippen LogP contribution >= 0.6 is 31.9 Å². The van der Waals surface area contributed by atoms with Crippen LogP contribution in [0.4, 0.5) is 0 Å². The van der Waals surface area contributed by atoms with Crippen molar-refractivity contribution < 1.29 is 19.1 Å². The van der Waals surface area contributed by atoms with Gasteiger partial charge >= 0.3 is 0 Å². The van der Waals surface area contributed by atoms with Crippen molar-refractivity contribution in [2.75, 3.05) is 13.7 Å². The van der Waals surface area contributed by atoms with Crippen molar-refractivity contribution in [1.82, 2.24) is 5.01 Å². The first kappa shape index (κ1) is 23.2. The van der Waals surface area contributed by atoms with Crippen LogP contribution in [0.5, 0.6) is 11.5 Å². The number of hydrogen-bond donors (Lipinski definition) is 0. The summed E-state index contributed by atoms with van der Waals surface area (Å²) >= 11 is 6.78. The molecule has 0 aromatic heterocycles. The van der Waals surface area contributed by atoms with E-state index in [0.29, 0.717) is 24.0 Å². The summed E-state index contributed by atoms with van der Waals surface area (Å²) in [5.41, 5.74) is 3.07. The fourth-order valence-electron chi connectivity index (χ4n) is 3.59. The number of benzene rings is 3. The van der Waals surface area contributed by atoms with Crippen LogP contribution in [0.2, 0.25) is 0 Å². The lowest BCUT2D eigenvalue weighted by Crippen LogP contribution is -2.31. The number of nitrogens with zero attached hydrogens (tertiary/aromatic N) is 2. The largest absolute Gasteiger partial charge is 0.497 e. The third-order valence-electron chi connectivity index (χ3n) is 5.29. The van der Waals surface area contributed by atoms with E-state index in [1.165, 1.54) is 5.01 Å². The third kappa shape index (κ3) is 5.34. The first-order valence-corrected chi connectivity index (χ1v) is 11.7. The molecule has 0 bridgehead atoms. The van der Waals surface area contributed by atoms with Crippen LogP contribution in [0.1, 0.15) is 33.9 Å². The smallest absolute Gasteiger partial charge is 0.281 e. The molecule has 168 valence electrons. The molecule has 1 unspecified atom stereocenters. The van der Waals surface area contributed by atoms with E-state index in [9.17, 15) is 9.59 Å². The van der Waals surface area contributed by atoms with E-state index in [0.717, 1.165) is 31.5 Å². The van der Waals surface area contributed by atoms with E-state index in [4.69, 9.17) is 9.47 Å².